The lowest BCUT2D eigenvalue weighted by Crippen LogP contribution is -2.34. The summed E-state index contributed by atoms with van der Waals surface area (Å²) >= 11 is 0. The van der Waals surface area contributed by atoms with E-state index < -0.39 is 18.5 Å². The van der Waals surface area contributed by atoms with Crippen LogP contribution in [0.4, 0.5) is 5.69 Å². The number of carbonyl (C=O) groups is 2. The maximum absolute atomic E-state index is 12.3. The number of rotatable bonds is 8. The van der Waals surface area contributed by atoms with Gasteiger partial charge in [0.05, 0.1) is 18.8 Å². The van der Waals surface area contributed by atoms with Crippen LogP contribution in [0.5, 0.6) is 0 Å². The van der Waals surface area contributed by atoms with Crippen LogP contribution < -0.4 is 4.90 Å². The summed E-state index contributed by atoms with van der Waals surface area (Å²) < 4.78 is 6.65. The second-order valence-electron chi connectivity index (χ2n) is 6.24. The van der Waals surface area contributed by atoms with Gasteiger partial charge in [0.2, 0.25) is 0 Å². The molecule has 2 aromatic carbocycles. The van der Waals surface area contributed by atoms with Gasteiger partial charge in [0, 0.05) is 11.8 Å². The fourth-order valence-corrected chi connectivity index (χ4v) is 2.65. The van der Waals surface area contributed by atoms with Gasteiger partial charge in [0.25, 0.3) is 5.91 Å². The van der Waals surface area contributed by atoms with Gasteiger partial charge in [0.15, 0.2) is 6.61 Å². The number of ether oxygens (including phenoxy) is 1. The summed E-state index contributed by atoms with van der Waals surface area (Å²) in [5, 5.41) is 16.9. The Morgan fingerprint density at radius 1 is 1.10 bits per heavy atom. The number of anilines is 1. The summed E-state index contributed by atoms with van der Waals surface area (Å²) in [6.45, 7) is -0.0456. The highest BCUT2D eigenvalue weighted by Crippen LogP contribution is 2.13. The van der Waals surface area contributed by atoms with Crippen LogP contribution in [-0.2, 0) is 20.9 Å². The van der Waals surface area contributed by atoms with Gasteiger partial charge in [-0.05, 0) is 23.8 Å². The van der Waals surface area contributed by atoms with Crippen molar-refractivity contribution >= 4 is 23.6 Å². The van der Waals surface area contributed by atoms with Crippen LogP contribution in [0.3, 0.4) is 0 Å². The summed E-state index contributed by atoms with van der Waals surface area (Å²) in [4.78, 5) is 25.5. The number of aromatic nitrogens is 3. The number of carbonyl (C=O) groups excluding carboxylic acids is 2. The zero-order chi connectivity index (χ0) is 21.2. The number of hydrogen-bond acceptors (Lipinski definition) is 6. The van der Waals surface area contributed by atoms with E-state index >= 15 is 0 Å². The molecule has 1 aromatic heterocycles. The van der Waals surface area contributed by atoms with Gasteiger partial charge in [0.1, 0.15) is 12.2 Å². The third kappa shape index (κ3) is 5.87. The highest BCUT2D eigenvalue weighted by molar-refractivity contribution is 5.96. The molecular formula is C22H19N5O3. The fourth-order valence-electron chi connectivity index (χ4n) is 2.65. The lowest BCUT2D eigenvalue weighted by atomic mass is 10.2. The van der Waals surface area contributed by atoms with E-state index in [-0.39, 0.29) is 6.54 Å². The minimum absolute atomic E-state index is 0.138. The first-order valence-electron chi connectivity index (χ1n) is 9.17. The summed E-state index contributed by atoms with van der Waals surface area (Å²) in [6, 6.07) is 20.5. The molecule has 3 rings (SSSR count). The van der Waals surface area contributed by atoms with E-state index in [1.54, 1.807) is 41.2 Å². The smallest absolute Gasteiger partial charge is 0.331 e. The van der Waals surface area contributed by atoms with E-state index in [1.165, 1.54) is 17.1 Å². The molecule has 0 radical (unpaired) electrons. The Morgan fingerprint density at radius 2 is 1.80 bits per heavy atom. The van der Waals surface area contributed by atoms with Crippen molar-refractivity contribution in [3.63, 3.8) is 0 Å². The zero-order valence-corrected chi connectivity index (χ0v) is 16.1. The molecule has 8 nitrogen and oxygen atoms in total. The molecule has 0 saturated carbocycles. The van der Waals surface area contributed by atoms with Crippen molar-refractivity contribution in [2.45, 2.75) is 6.54 Å². The van der Waals surface area contributed by atoms with Gasteiger partial charge in [-0.15, -0.1) is 5.10 Å². The molecule has 0 bridgehead atoms. The first-order valence-corrected chi connectivity index (χ1v) is 9.17. The molecule has 30 heavy (non-hydrogen) atoms. The molecule has 0 aliphatic heterocycles. The van der Waals surface area contributed by atoms with E-state index in [4.69, 9.17) is 10.00 Å². The number of esters is 1. The molecule has 0 fully saturated rings. The second kappa shape index (κ2) is 10.3. The lowest BCUT2D eigenvalue weighted by molar-refractivity contribution is -0.142. The number of hydrogen-bond donors (Lipinski definition) is 0. The van der Waals surface area contributed by atoms with Gasteiger partial charge in [-0.2, -0.15) is 5.26 Å². The standard InChI is InChI=1S/C22H19N5O3/c23-13-14-27(20-9-5-2-6-10-20)21(28)17-30-22(29)12-11-19-16-26(25-24-19)15-18-7-3-1-4-8-18/h1-12,16H,14-15,17H2/b12-11+. The van der Waals surface area contributed by atoms with E-state index in [0.717, 1.165) is 5.56 Å². The number of nitrogens with zero attached hydrogens (tertiary/aromatic N) is 5. The monoisotopic (exact) mass is 401 g/mol. The molecule has 0 saturated heterocycles. The minimum atomic E-state index is -0.689. The average Bonchev–Trinajstić information content (AvgIpc) is 3.23. The molecule has 8 heteroatoms. The van der Waals surface area contributed by atoms with Gasteiger partial charge in [-0.1, -0.05) is 53.7 Å². The van der Waals surface area contributed by atoms with Crippen molar-refractivity contribution in [2.24, 2.45) is 0 Å². The number of nitriles is 1. The van der Waals surface area contributed by atoms with Crippen LogP contribution in [0.25, 0.3) is 6.08 Å². The maximum atomic E-state index is 12.3. The molecule has 0 atom stereocenters. The lowest BCUT2D eigenvalue weighted by Gasteiger charge is -2.19. The van der Waals surface area contributed by atoms with E-state index in [1.807, 2.05) is 36.4 Å². The minimum Gasteiger partial charge on any atom is -0.452 e. The topological polar surface area (TPSA) is 101 Å². The SMILES string of the molecule is N#CCN(C(=O)COC(=O)/C=C/c1cn(Cc2ccccc2)nn1)c1ccccc1. The Bertz CT molecular complexity index is 1060. The Kier molecular flexibility index (Phi) is 7.06. The van der Waals surface area contributed by atoms with Crippen molar-refractivity contribution in [3.8, 4) is 6.07 Å². The molecule has 150 valence electrons. The predicted molar refractivity (Wildman–Crippen MR) is 110 cm³/mol. The number of benzene rings is 2. The zero-order valence-electron chi connectivity index (χ0n) is 16.1. The van der Waals surface area contributed by atoms with Crippen LogP contribution in [0.15, 0.2) is 72.9 Å². The summed E-state index contributed by atoms with van der Waals surface area (Å²) in [7, 11) is 0. The first kappa shape index (κ1) is 20.5. The van der Waals surface area contributed by atoms with E-state index in [0.29, 0.717) is 17.9 Å². The maximum Gasteiger partial charge on any atom is 0.331 e. The Hall–Kier alpha value is -4.25. The van der Waals surface area contributed by atoms with Crippen molar-refractivity contribution in [3.05, 3.63) is 84.2 Å². The third-order valence-electron chi connectivity index (χ3n) is 4.07. The van der Waals surface area contributed by atoms with Gasteiger partial charge >= 0.3 is 5.97 Å². The predicted octanol–water partition coefficient (Wildman–Crippen LogP) is 2.44. The van der Waals surface area contributed by atoms with Crippen molar-refractivity contribution < 1.29 is 14.3 Å². The third-order valence-corrected chi connectivity index (χ3v) is 4.07. The van der Waals surface area contributed by atoms with Crippen LogP contribution in [0, 0.1) is 11.3 Å². The number of amides is 1. The van der Waals surface area contributed by atoms with E-state index in [9.17, 15) is 9.59 Å². The molecule has 1 amide bonds. The quantitative estimate of drug-likeness (QED) is 0.326. The van der Waals surface area contributed by atoms with Crippen LogP contribution in [0.2, 0.25) is 0 Å². The molecular weight excluding hydrogens is 382 g/mol. The fraction of sp³-hybridized carbons (Fsp3) is 0.136. The van der Waals surface area contributed by atoms with Crippen molar-refractivity contribution in [1.82, 2.24) is 15.0 Å². The van der Waals surface area contributed by atoms with Crippen LogP contribution >= 0.6 is 0 Å². The molecule has 0 aliphatic carbocycles. The molecule has 3 aromatic rings. The Balaban J connectivity index is 1.52. The largest absolute Gasteiger partial charge is 0.452 e. The van der Waals surface area contributed by atoms with Gasteiger partial charge in [-0.3, -0.25) is 9.69 Å². The average molecular weight is 401 g/mol. The van der Waals surface area contributed by atoms with Crippen molar-refractivity contribution in [2.75, 3.05) is 18.1 Å². The molecule has 1 heterocycles. The highest BCUT2D eigenvalue weighted by Gasteiger charge is 2.16. The normalized spacial score (nSPS) is 10.5. The van der Waals surface area contributed by atoms with Gasteiger partial charge < -0.3 is 4.74 Å². The molecule has 0 spiro atoms. The second-order valence-corrected chi connectivity index (χ2v) is 6.24. The Labute approximate surface area is 173 Å². The molecule has 0 aliphatic rings. The summed E-state index contributed by atoms with van der Waals surface area (Å²) in [5.74, 6) is -1.18. The molecule has 0 unspecified atom stereocenters. The summed E-state index contributed by atoms with van der Waals surface area (Å²) in [6.07, 6.45) is 4.35. The van der Waals surface area contributed by atoms with Crippen molar-refractivity contribution in [1.29, 1.82) is 5.26 Å². The highest BCUT2D eigenvalue weighted by atomic mass is 16.5. The first-order chi connectivity index (χ1) is 14.7. The Morgan fingerprint density at radius 3 is 2.50 bits per heavy atom. The van der Waals surface area contributed by atoms with Gasteiger partial charge in [-0.25, -0.2) is 9.48 Å². The summed E-state index contributed by atoms with van der Waals surface area (Å²) in [5.41, 5.74) is 2.13. The van der Waals surface area contributed by atoms with Crippen LogP contribution in [0.1, 0.15) is 11.3 Å². The number of para-hydroxylation sites is 1. The molecule has 0 N–H and O–H groups in total. The van der Waals surface area contributed by atoms with Crippen LogP contribution in [-0.4, -0.2) is 40.0 Å². The van der Waals surface area contributed by atoms with E-state index in [2.05, 4.69) is 10.3 Å².